The molecule has 2 rings (SSSR count). The monoisotopic (exact) mass is 230 g/mol. The number of hydrogen-bond acceptors (Lipinski definition) is 2. The molecular formula is C15H22N2. The SMILES string of the molecule is Cc1cccc([C@H](C)NC2=NCCCCC2)c1. The fraction of sp³-hybridized carbons (Fsp3) is 0.533. The van der Waals surface area contributed by atoms with Gasteiger partial charge in [0.25, 0.3) is 0 Å². The molecule has 1 aliphatic heterocycles. The van der Waals surface area contributed by atoms with Crippen molar-refractivity contribution in [1.29, 1.82) is 0 Å². The van der Waals surface area contributed by atoms with Crippen molar-refractivity contribution in [2.75, 3.05) is 6.54 Å². The maximum Gasteiger partial charge on any atom is 0.0967 e. The lowest BCUT2D eigenvalue weighted by atomic mass is 10.1. The number of nitrogens with one attached hydrogen (secondary N) is 1. The molecule has 0 aliphatic carbocycles. The summed E-state index contributed by atoms with van der Waals surface area (Å²) in [5, 5.41) is 3.55. The Labute approximate surface area is 104 Å². The summed E-state index contributed by atoms with van der Waals surface area (Å²) < 4.78 is 0. The average Bonchev–Trinajstić information content (AvgIpc) is 2.57. The van der Waals surface area contributed by atoms with Crippen LogP contribution in [0.15, 0.2) is 29.3 Å². The molecule has 1 atom stereocenters. The van der Waals surface area contributed by atoms with Crippen LogP contribution in [0.25, 0.3) is 0 Å². The number of aliphatic imine (C=N–C) groups is 1. The van der Waals surface area contributed by atoms with Gasteiger partial charge in [-0.15, -0.1) is 0 Å². The van der Waals surface area contributed by atoms with Crippen molar-refractivity contribution in [3.63, 3.8) is 0 Å². The smallest absolute Gasteiger partial charge is 0.0967 e. The maximum atomic E-state index is 4.62. The quantitative estimate of drug-likeness (QED) is 0.824. The van der Waals surface area contributed by atoms with Gasteiger partial charge in [0.05, 0.1) is 5.84 Å². The van der Waals surface area contributed by atoms with Gasteiger partial charge in [-0.05, 0) is 32.3 Å². The van der Waals surface area contributed by atoms with Gasteiger partial charge in [-0.3, -0.25) is 4.99 Å². The van der Waals surface area contributed by atoms with E-state index >= 15 is 0 Å². The molecule has 1 N–H and O–H groups in total. The molecule has 17 heavy (non-hydrogen) atoms. The highest BCUT2D eigenvalue weighted by Gasteiger charge is 2.09. The van der Waals surface area contributed by atoms with Gasteiger partial charge >= 0.3 is 0 Å². The van der Waals surface area contributed by atoms with Crippen LogP contribution < -0.4 is 5.32 Å². The molecule has 1 aromatic carbocycles. The van der Waals surface area contributed by atoms with Crippen LogP contribution in [0.2, 0.25) is 0 Å². The molecule has 2 nitrogen and oxygen atoms in total. The third kappa shape index (κ3) is 3.58. The Bertz CT molecular complexity index is 396. The van der Waals surface area contributed by atoms with Crippen LogP contribution in [0.3, 0.4) is 0 Å². The van der Waals surface area contributed by atoms with Crippen molar-refractivity contribution in [2.24, 2.45) is 4.99 Å². The molecule has 92 valence electrons. The standard InChI is InChI=1S/C15H22N2/c1-12-7-6-8-14(11-12)13(2)17-15-9-4-3-5-10-16-15/h6-8,11,13H,3-5,9-10H2,1-2H3,(H,16,17)/t13-/m0/s1. The molecule has 0 bridgehead atoms. The van der Waals surface area contributed by atoms with Gasteiger partial charge in [0, 0.05) is 19.0 Å². The van der Waals surface area contributed by atoms with E-state index in [9.17, 15) is 0 Å². The highest BCUT2D eigenvalue weighted by Crippen LogP contribution is 2.15. The van der Waals surface area contributed by atoms with Crippen LogP contribution in [-0.4, -0.2) is 12.4 Å². The number of rotatable bonds is 2. The Morgan fingerprint density at radius 1 is 1.24 bits per heavy atom. The van der Waals surface area contributed by atoms with Crippen LogP contribution in [0, 0.1) is 6.92 Å². The van der Waals surface area contributed by atoms with Crippen molar-refractivity contribution in [3.05, 3.63) is 35.4 Å². The van der Waals surface area contributed by atoms with E-state index in [4.69, 9.17) is 0 Å². The number of benzene rings is 1. The zero-order valence-electron chi connectivity index (χ0n) is 10.9. The van der Waals surface area contributed by atoms with Gasteiger partial charge in [0.15, 0.2) is 0 Å². The summed E-state index contributed by atoms with van der Waals surface area (Å²) in [5.74, 6) is 1.19. The van der Waals surface area contributed by atoms with E-state index in [1.165, 1.54) is 36.2 Å². The summed E-state index contributed by atoms with van der Waals surface area (Å²) in [6.07, 6.45) is 4.93. The first kappa shape index (κ1) is 12.2. The van der Waals surface area contributed by atoms with E-state index in [0.29, 0.717) is 6.04 Å². The minimum atomic E-state index is 0.353. The second kappa shape index (κ2) is 5.85. The number of amidine groups is 1. The van der Waals surface area contributed by atoms with Gasteiger partial charge in [0.2, 0.25) is 0 Å². The third-order valence-corrected chi connectivity index (χ3v) is 3.30. The molecule has 0 saturated heterocycles. The van der Waals surface area contributed by atoms with Gasteiger partial charge in [-0.2, -0.15) is 0 Å². The highest BCUT2D eigenvalue weighted by molar-refractivity contribution is 5.82. The normalized spacial score (nSPS) is 18.1. The van der Waals surface area contributed by atoms with Crippen molar-refractivity contribution < 1.29 is 0 Å². The molecule has 0 spiro atoms. The van der Waals surface area contributed by atoms with E-state index in [1.54, 1.807) is 0 Å². The molecule has 0 fully saturated rings. The molecule has 0 aromatic heterocycles. The van der Waals surface area contributed by atoms with E-state index in [1.807, 2.05) is 0 Å². The predicted octanol–water partition coefficient (Wildman–Crippen LogP) is 3.62. The second-order valence-corrected chi connectivity index (χ2v) is 4.92. The largest absolute Gasteiger partial charge is 0.367 e. The zero-order chi connectivity index (χ0) is 12.1. The molecule has 0 saturated carbocycles. The van der Waals surface area contributed by atoms with E-state index < -0.39 is 0 Å². The Morgan fingerprint density at radius 2 is 2.12 bits per heavy atom. The minimum absolute atomic E-state index is 0.353. The Hall–Kier alpha value is -1.31. The summed E-state index contributed by atoms with van der Waals surface area (Å²) in [6, 6.07) is 9.04. The van der Waals surface area contributed by atoms with E-state index in [2.05, 4.69) is 48.4 Å². The first-order valence-electron chi connectivity index (χ1n) is 6.62. The zero-order valence-corrected chi connectivity index (χ0v) is 10.9. The van der Waals surface area contributed by atoms with Crippen molar-refractivity contribution in [1.82, 2.24) is 5.32 Å². The lowest BCUT2D eigenvalue weighted by Crippen LogP contribution is -2.26. The fourth-order valence-electron chi connectivity index (χ4n) is 2.26. The van der Waals surface area contributed by atoms with Crippen LogP contribution >= 0.6 is 0 Å². The number of aryl methyl sites for hydroxylation is 1. The molecule has 0 radical (unpaired) electrons. The average molecular weight is 230 g/mol. The molecule has 0 unspecified atom stereocenters. The Balaban J connectivity index is 2.00. The summed E-state index contributed by atoms with van der Waals surface area (Å²) in [4.78, 5) is 4.62. The Morgan fingerprint density at radius 3 is 2.94 bits per heavy atom. The fourth-order valence-corrected chi connectivity index (χ4v) is 2.26. The topological polar surface area (TPSA) is 24.4 Å². The van der Waals surface area contributed by atoms with Gasteiger partial charge in [0.1, 0.15) is 0 Å². The summed E-state index contributed by atoms with van der Waals surface area (Å²) in [5.41, 5.74) is 2.66. The first-order valence-corrected chi connectivity index (χ1v) is 6.62. The lowest BCUT2D eigenvalue weighted by molar-refractivity contribution is 0.693. The Kier molecular flexibility index (Phi) is 4.18. The van der Waals surface area contributed by atoms with Crippen LogP contribution in [0.1, 0.15) is 49.8 Å². The van der Waals surface area contributed by atoms with E-state index in [-0.39, 0.29) is 0 Å². The summed E-state index contributed by atoms with van der Waals surface area (Å²) in [6.45, 7) is 5.34. The third-order valence-electron chi connectivity index (χ3n) is 3.30. The van der Waals surface area contributed by atoms with Crippen LogP contribution in [0.4, 0.5) is 0 Å². The molecule has 0 amide bonds. The molecular weight excluding hydrogens is 208 g/mol. The van der Waals surface area contributed by atoms with Gasteiger partial charge < -0.3 is 5.32 Å². The van der Waals surface area contributed by atoms with E-state index in [0.717, 1.165) is 13.0 Å². The van der Waals surface area contributed by atoms with Gasteiger partial charge in [-0.1, -0.05) is 36.2 Å². The van der Waals surface area contributed by atoms with Gasteiger partial charge in [-0.25, -0.2) is 0 Å². The van der Waals surface area contributed by atoms with Crippen molar-refractivity contribution in [3.8, 4) is 0 Å². The number of nitrogens with zero attached hydrogens (tertiary/aromatic N) is 1. The van der Waals surface area contributed by atoms with Crippen LogP contribution in [-0.2, 0) is 0 Å². The maximum absolute atomic E-state index is 4.62. The second-order valence-electron chi connectivity index (χ2n) is 4.92. The first-order chi connectivity index (χ1) is 8.25. The minimum Gasteiger partial charge on any atom is -0.367 e. The predicted molar refractivity (Wildman–Crippen MR) is 73.5 cm³/mol. The molecule has 1 aromatic rings. The van der Waals surface area contributed by atoms with Crippen molar-refractivity contribution >= 4 is 5.84 Å². The van der Waals surface area contributed by atoms with Crippen LogP contribution in [0.5, 0.6) is 0 Å². The molecule has 1 aliphatic rings. The molecule has 1 heterocycles. The molecule has 2 heteroatoms. The number of hydrogen-bond donors (Lipinski definition) is 1. The summed E-state index contributed by atoms with van der Waals surface area (Å²) in [7, 11) is 0. The lowest BCUT2D eigenvalue weighted by Gasteiger charge is -2.17. The van der Waals surface area contributed by atoms with Crippen molar-refractivity contribution in [2.45, 2.75) is 45.6 Å². The summed E-state index contributed by atoms with van der Waals surface area (Å²) >= 11 is 0. The highest BCUT2D eigenvalue weighted by atomic mass is 15.0.